The summed E-state index contributed by atoms with van der Waals surface area (Å²) < 4.78 is 5.65. The minimum absolute atomic E-state index is 0.181. The molecule has 0 aromatic rings. The van der Waals surface area contributed by atoms with Crippen LogP contribution in [0.15, 0.2) is 33.6 Å². The van der Waals surface area contributed by atoms with Crippen LogP contribution in [0.5, 0.6) is 0 Å². The van der Waals surface area contributed by atoms with Crippen LogP contribution in [0.25, 0.3) is 0 Å². The summed E-state index contributed by atoms with van der Waals surface area (Å²) in [5.41, 5.74) is 7.30. The van der Waals surface area contributed by atoms with E-state index in [2.05, 4.69) is 47.4 Å². The van der Waals surface area contributed by atoms with Crippen molar-refractivity contribution in [3.8, 4) is 0 Å². The summed E-state index contributed by atoms with van der Waals surface area (Å²) in [6.45, 7) is 14.3. The first kappa shape index (κ1) is 11.9. The van der Waals surface area contributed by atoms with E-state index in [0.717, 1.165) is 6.61 Å². The molecule has 0 radical (unpaired) electrons. The van der Waals surface area contributed by atoms with Gasteiger partial charge in [0.1, 0.15) is 5.50 Å². The van der Waals surface area contributed by atoms with Gasteiger partial charge in [-0.3, -0.25) is 0 Å². The van der Waals surface area contributed by atoms with Crippen LogP contribution in [-0.2, 0) is 4.74 Å². The Hall–Kier alpha value is -0.550. The van der Waals surface area contributed by atoms with Crippen LogP contribution < -0.4 is 0 Å². The minimum atomic E-state index is -0.181. The highest BCUT2D eigenvalue weighted by Gasteiger charge is 2.49. The number of hydrogen-bond acceptors (Lipinski definition) is 1. The van der Waals surface area contributed by atoms with Crippen molar-refractivity contribution in [2.75, 3.05) is 6.61 Å². The van der Waals surface area contributed by atoms with Gasteiger partial charge in [-0.15, -0.1) is 0 Å². The summed E-state index contributed by atoms with van der Waals surface area (Å²) in [6, 6.07) is 0. The van der Waals surface area contributed by atoms with E-state index in [-0.39, 0.29) is 13.1 Å². The number of ether oxygens (including phenoxy) is 1. The maximum atomic E-state index is 5.65. The molecule has 0 aromatic heterocycles. The third kappa shape index (κ3) is 1.41. The van der Waals surface area contributed by atoms with Crippen LogP contribution >= 0.6 is 7.92 Å². The molecule has 2 heteroatoms. The van der Waals surface area contributed by atoms with Crippen LogP contribution in [0.3, 0.4) is 0 Å². The lowest BCUT2D eigenvalue weighted by Crippen LogP contribution is -2.20. The fourth-order valence-corrected chi connectivity index (χ4v) is 5.06. The summed E-state index contributed by atoms with van der Waals surface area (Å²) in [5.74, 6) is 2.33. The van der Waals surface area contributed by atoms with Gasteiger partial charge in [0, 0.05) is 13.1 Å². The van der Waals surface area contributed by atoms with Gasteiger partial charge >= 0.3 is 0 Å². The number of allylic oxidation sites excluding steroid dienone is 4. The Bertz CT molecular complexity index is 402. The number of hydrogen-bond donors (Lipinski definition) is 0. The van der Waals surface area contributed by atoms with Crippen LogP contribution in [0.2, 0.25) is 0 Å². The van der Waals surface area contributed by atoms with Gasteiger partial charge in [0.25, 0.3) is 0 Å². The van der Waals surface area contributed by atoms with Crippen molar-refractivity contribution in [2.45, 2.75) is 46.7 Å². The SMILES string of the molecule is CCOC1=CP1C1(C)C(C)=C(C)C(C)=C1C. The first-order chi connectivity index (χ1) is 7.44. The Morgan fingerprint density at radius 3 is 2.06 bits per heavy atom. The van der Waals surface area contributed by atoms with Gasteiger partial charge in [0.2, 0.25) is 0 Å². The Morgan fingerprint density at radius 1 is 1.12 bits per heavy atom. The number of rotatable bonds is 3. The second-order valence-corrected chi connectivity index (χ2v) is 7.18. The molecule has 1 aliphatic heterocycles. The van der Waals surface area contributed by atoms with Crippen molar-refractivity contribution in [3.63, 3.8) is 0 Å². The molecule has 1 heterocycles. The van der Waals surface area contributed by atoms with Crippen LogP contribution in [0.4, 0.5) is 0 Å². The molecule has 1 nitrogen and oxygen atoms in total. The van der Waals surface area contributed by atoms with Crippen LogP contribution in [-0.4, -0.2) is 11.8 Å². The molecule has 16 heavy (non-hydrogen) atoms. The fourth-order valence-electron chi connectivity index (χ4n) is 2.62. The monoisotopic (exact) mass is 236 g/mol. The summed E-state index contributed by atoms with van der Waals surface area (Å²) in [6.07, 6.45) is 0. The molecule has 2 aliphatic rings. The van der Waals surface area contributed by atoms with Crippen molar-refractivity contribution in [1.82, 2.24) is 0 Å². The third-order valence-electron chi connectivity index (χ3n) is 4.33. The van der Waals surface area contributed by atoms with Gasteiger partial charge in [-0.25, -0.2) is 0 Å². The first-order valence-electron chi connectivity index (χ1n) is 5.94. The molecule has 1 aliphatic carbocycles. The maximum absolute atomic E-state index is 5.65. The lowest BCUT2D eigenvalue weighted by atomic mass is 9.98. The zero-order valence-electron chi connectivity index (χ0n) is 11.1. The molecule has 0 amide bonds. The normalized spacial score (nSPS) is 27.4. The molecule has 88 valence electrons. The summed E-state index contributed by atoms with van der Waals surface area (Å²) >= 11 is 0. The molecule has 0 saturated carbocycles. The van der Waals surface area contributed by atoms with Crippen molar-refractivity contribution in [3.05, 3.63) is 33.6 Å². The minimum Gasteiger partial charge on any atom is -0.493 e. The lowest BCUT2D eigenvalue weighted by Gasteiger charge is -2.29. The molecule has 1 unspecified atom stereocenters. The molecule has 1 atom stereocenters. The highest BCUT2D eigenvalue weighted by atomic mass is 31.1. The summed E-state index contributed by atoms with van der Waals surface area (Å²) in [5, 5.41) is 0.244. The fraction of sp³-hybridized carbons (Fsp3) is 0.571. The Kier molecular flexibility index (Phi) is 2.78. The van der Waals surface area contributed by atoms with E-state index in [0.29, 0.717) is 0 Å². The summed E-state index contributed by atoms with van der Waals surface area (Å²) in [7, 11) is -0.181. The molecule has 0 spiro atoms. The quantitative estimate of drug-likeness (QED) is 0.642. The molecule has 2 rings (SSSR count). The highest BCUT2D eigenvalue weighted by molar-refractivity contribution is 7.74. The van der Waals surface area contributed by atoms with Crippen molar-refractivity contribution in [1.29, 1.82) is 0 Å². The van der Waals surface area contributed by atoms with Crippen molar-refractivity contribution >= 4 is 7.92 Å². The molecule has 0 saturated heterocycles. The van der Waals surface area contributed by atoms with Crippen molar-refractivity contribution < 1.29 is 4.74 Å². The van der Waals surface area contributed by atoms with Gasteiger partial charge in [-0.2, -0.15) is 0 Å². The average molecular weight is 236 g/mol. The van der Waals surface area contributed by atoms with Crippen molar-refractivity contribution in [2.24, 2.45) is 0 Å². The van der Waals surface area contributed by atoms with E-state index in [4.69, 9.17) is 4.74 Å². The topological polar surface area (TPSA) is 9.23 Å². The van der Waals surface area contributed by atoms with E-state index < -0.39 is 0 Å². The second kappa shape index (κ2) is 3.74. The largest absolute Gasteiger partial charge is 0.493 e. The molecule has 0 N–H and O–H groups in total. The highest BCUT2D eigenvalue weighted by Crippen LogP contribution is 2.75. The first-order valence-corrected chi connectivity index (χ1v) is 7.35. The average Bonchev–Trinajstić information content (AvgIpc) is 3.01. The standard InChI is InChI=1S/C14H21OP/c1-7-15-13-8-16(13)14(6)11(4)9(2)10(3)12(14)5/h8H,7H2,1-6H3. The predicted molar refractivity (Wildman–Crippen MR) is 71.8 cm³/mol. The maximum Gasteiger partial charge on any atom is 0.124 e. The smallest absolute Gasteiger partial charge is 0.124 e. The third-order valence-corrected chi connectivity index (χ3v) is 6.91. The Balaban J connectivity index is 2.29. The van der Waals surface area contributed by atoms with E-state index in [1.54, 1.807) is 11.1 Å². The molecule has 0 bridgehead atoms. The summed E-state index contributed by atoms with van der Waals surface area (Å²) in [4.78, 5) is 0. The van der Waals surface area contributed by atoms with Gasteiger partial charge in [-0.05, 0) is 58.5 Å². The van der Waals surface area contributed by atoms with Gasteiger partial charge in [-0.1, -0.05) is 11.1 Å². The predicted octanol–water partition coefficient (Wildman–Crippen LogP) is 4.76. The lowest BCUT2D eigenvalue weighted by molar-refractivity contribution is 0.262. The van der Waals surface area contributed by atoms with Crippen LogP contribution in [0.1, 0.15) is 41.5 Å². The Labute approximate surface area is 100 Å². The Morgan fingerprint density at radius 2 is 1.62 bits per heavy atom. The molecule has 0 aromatic carbocycles. The molecular formula is C14H21OP. The molecular weight excluding hydrogens is 215 g/mol. The van der Waals surface area contributed by atoms with E-state index >= 15 is 0 Å². The second-order valence-electron chi connectivity index (χ2n) is 4.84. The van der Waals surface area contributed by atoms with E-state index in [1.807, 2.05) is 0 Å². The van der Waals surface area contributed by atoms with Gasteiger partial charge < -0.3 is 4.74 Å². The zero-order valence-corrected chi connectivity index (χ0v) is 12.0. The molecule has 0 fully saturated rings. The van der Waals surface area contributed by atoms with E-state index in [1.165, 1.54) is 16.6 Å². The zero-order chi connectivity index (χ0) is 12.1. The van der Waals surface area contributed by atoms with Gasteiger partial charge in [0.05, 0.1) is 6.61 Å². The van der Waals surface area contributed by atoms with Gasteiger partial charge in [0.15, 0.2) is 0 Å². The van der Waals surface area contributed by atoms with Crippen LogP contribution in [0, 0.1) is 0 Å². The van der Waals surface area contributed by atoms with E-state index in [9.17, 15) is 0 Å².